The summed E-state index contributed by atoms with van der Waals surface area (Å²) in [7, 11) is 0. The lowest BCUT2D eigenvalue weighted by Gasteiger charge is -2.16. The van der Waals surface area contributed by atoms with E-state index in [-0.39, 0.29) is 11.3 Å². The molecule has 1 atom stereocenters. The second-order valence-electron chi connectivity index (χ2n) is 4.54. The van der Waals surface area contributed by atoms with Gasteiger partial charge in [0.1, 0.15) is 12.2 Å². The number of carbonyl (C=O) groups excluding carboxylic acids is 1. The number of aromatic nitrogens is 2. The Hall–Kier alpha value is -2.95. The molecule has 1 aromatic heterocycles. The van der Waals surface area contributed by atoms with Crippen LogP contribution in [0.25, 0.3) is 5.69 Å². The Morgan fingerprint density at radius 3 is 2.26 bits per heavy atom. The highest BCUT2D eigenvalue weighted by molar-refractivity contribution is 5.94. The van der Waals surface area contributed by atoms with Crippen molar-refractivity contribution >= 4 is 11.6 Å². The van der Waals surface area contributed by atoms with Gasteiger partial charge in [-0.1, -0.05) is 12.1 Å². The van der Waals surface area contributed by atoms with Gasteiger partial charge in [0.15, 0.2) is 0 Å². The third-order valence-corrected chi connectivity index (χ3v) is 2.99. The molecule has 0 radical (unpaired) electrons. The number of nitrogens with two attached hydrogens (primary N) is 2. The third-order valence-electron chi connectivity index (χ3n) is 2.99. The van der Waals surface area contributed by atoms with Crippen molar-refractivity contribution in [3.8, 4) is 5.69 Å². The molecule has 4 N–H and O–H groups in total. The number of rotatable bonds is 4. The Labute approximate surface area is 126 Å². The number of hydrogen-bond acceptors (Lipinski definition) is 5. The van der Waals surface area contributed by atoms with Crippen LogP contribution in [-0.2, 0) is 0 Å². The van der Waals surface area contributed by atoms with Gasteiger partial charge in [-0.2, -0.15) is 18.3 Å². The molecule has 0 fully saturated rings. The zero-order valence-electron chi connectivity index (χ0n) is 11.3. The maximum atomic E-state index is 12.5. The van der Waals surface area contributed by atoms with Gasteiger partial charge in [0.25, 0.3) is 5.91 Å². The van der Waals surface area contributed by atoms with Gasteiger partial charge in [-0.25, -0.2) is 4.68 Å². The zero-order valence-corrected chi connectivity index (χ0v) is 11.3. The Morgan fingerprint density at radius 1 is 1.30 bits per heavy atom. The van der Waals surface area contributed by atoms with Crippen molar-refractivity contribution in [2.75, 3.05) is 0 Å². The largest absolute Gasteiger partial charge is 0.407 e. The van der Waals surface area contributed by atoms with Crippen molar-refractivity contribution in [3.63, 3.8) is 0 Å². The fourth-order valence-corrected chi connectivity index (χ4v) is 1.83. The van der Waals surface area contributed by atoms with Crippen LogP contribution in [0.1, 0.15) is 22.1 Å². The minimum absolute atomic E-state index is 0.182. The van der Waals surface area contributed by atoms with Gasteiger partial charge in [-0.15, -0.1) is 0 Å². The van der Waals surface area contributed by atoms with Crippen molar-refractivity contribution in [1.29, 1.82) is 0 Å². The van der Waals surface area contributed by atoms with E-state index in [0.29, 0.717) is 0 Å². The Kier molecular flexibility index (Phi) is 4.06. The van der Waals surface area contributed by atoms with Crippen LogP contribution in [0.15, 0.2) is 30.5 Å². The molecule has 1 unspecified atom stereocenters. The fraction of sp³-hybridized carbons (Fsp3) is 0.167. The summed E-state index contributed by atoms with van der Waals surface area (Å²) in [5.74, 6) is -1.09. The normalized spacial score (nSPS) is 12.9. The summed E-state index contributed by atoms with van der Waals surface area (Å²) in [4.78, 5) is 21.1. The van der Waals surface area contributed by atoms with Crippen LogP contribution < -0.4 is 11.5 Å². The summed E-state index contributed by atoms with van der Waals surface area (Å²) >= 11 is 0. The van der Waals surface area contributed by atoms with Gasteiger partial charge in [0.05, 0.1) is 10.6 Å². The molecule has 0 saturated heterocycles. The van der Waals surface area contributed by atoms with Crippen LogP contribution >= 0.6 is 0 Å². The average Bonchev–Trinajstić information content (AvgIpc) is 2.91. The molecule has 1 aromatic carbocycles. The van der Waals surface area contributed by atoms with Crippen LogP contribution in [0.2, 0.25) is 0 Å². The molecule has 122 valence electrons. The first-order chi connectivity index (χ1) is 10.6. The van der Waals surface area contributed by atoms with Gasteiger partial charge in [-0.3, -0.25) is 14.9 Å². The summed E-state index contributed by atoms with van der Waals surface area (Å²) in [6.45, 7) is 0. The molecular formula is C12H10F3N5O3. The van der Waals surface area contributed by atoms with E-state index >= 15 is 0 Å². The smallest absolute Gasteiger partial charge is 0.364 e. The van der Waals surface area contributed by atoms with E-state index in [1.54, 1.807) is 0 Å². The summed E-state index contributed by atoms with van der Waals surface area (Å²) in [5.41, 5.74) is 8.94. The molecule has 2 rings (SSSR count). The molecular weight excluding hydrogens is 319 g/mol. The standard InChI is InChI=1S/C12H10F3N5O3/c13-12(14,15)10(16)6-1-3-7(4-2-6)19-5-8(20(22)23)9(18-19)11(17)21/h1-5,10H,16H2,(H2,17,21). The molecule has 0 aliphatic rings. The van der Waals surface area contributed by atoms with Crippen molar-refractivity contribution in [3.05, 3.63) is 51.8 Å². The number of amides is 1. The SMILES string of the molecule is NC(=O)c1nn(-c2ccc(C(N)C(F)(F)F)cc2)cc1[N+](=O)[O-]. The topological polar surface area (TPSA) is 130 Å². The first-order valence-electron chi connectivity index (χ1n) is 6.07. The minimum atomic E-state index is -4.59. The number of benzene rings is 1. The number of halogens is 3. The van der Waals surface area contributed by atoms with Crippen molar-refractivity contribution in [2.24, 2.45) is 11.5 Å². The summed E-state index contributed by atoms with van der Waals surface area (Å²) in [5, 5.41) is 14.5. The van der Waals surface area contributed by atoms with Crippen LogP contribution in [0, 0.1) is 10.1 Å². The van der Waals surface area contributed by atoms with Gasteiger partial charge < -0.3 is 11.5 Å². The Bertz CT molecular complexity index is 723. The Morgan fingerprint density at radius 2 is 1.87 bits per heavy atom. The van der Waals surface area contributed by atoms with E-state index in [0.717, 1.165) is 23.0 Å². The lowest BCUT2D eigenvalue weighted by molar-refractivity contribution is -0.385. The van der Waals surface area contributed by atoms with Gasteiger partial charge in [0, 0.05) is 0 Å². The van der Waals surface area contributed by atoms with Gasteiger partial charge in [0.2, 0.25) is 5.69 Å². The van der Waals surface area contributed by atoms with E-state index < -0.39 is 34.4 Å². The van der Waals surface area contributed by atoms with Gasteiger partial charge >= 0.3 is 11.9 Å². The van der Waals surface area contributed by atoms with E-state index in [1.807, 2.05) is 0 Å². The lowest BCUT2D eigenvalue weighted by atomic mass is 10.1. The van der Waals surface area contributed by atoms with Crippen molar-refractivity contribution < 1.29 is 22.9 Å². The zero-order chi connectivity index (χ0) is 17.4. The highest BCUT2D eigenvalue weighted by atomic mass is 19.4. The first-order valence-corrected chi connectivity index (χ1v) is 6.07. The van der Waals surface area contributed by atoms with Crippen LogP contribution in [-0.4, -0.2) is 26.8 Å². The molecule has 11 heteroatoms. The Balaban J connectivity index is 2.39. The maximum Gasteiger partial charge on any atom is 0.407 e. The number of nitro groups is 1. The molecule has 0 aliphatic carbocycles. The van der Waals surface area contributed by atoms with Crippen LogP contribution in [0.4, 0.5) is 18.9 Å². The third kappa shape index (κ3) is 3.29. The van der Waals surface area contributed by atoms with Gasteiger partial charge in [-0.05, 0) is 17.7 Å². The minimum Gasteiger partial charge on any atom is -0.364 e. The summed E-state index contributed by atoms with van der Waals surface area (Å²) in [6, 6.07) is 2.56. The quantitative estimate of drug-likeness (QED) is 0.647. The number of alkyl halides is 3. The molecule has 2 aromatic rings. The first kappa shape index (κ1) is 16.4. The predicted molar refractivity (Wildman–Crippen MR) is 71.7 cm³/mol. The monoisotopic (exact) mass is 329 g/mol. The van der Waals surface area contributed by atoms with Crippen molar-refractivity contribution in [1.82, 2.24) is 9.78 Å². The highest BCUT2D eigenvalue weighted by Gasteiger charge is 2.37. The molecule has 1 heterocycles. The highest BCUT2D eigenvalue weighted by Crippen LogP contribution is 2.30. The maximum absolute atomic E-state index is 12.5. The molecule has 0 aliphatic heterocycles. The summed E-state index contributed by atoms with van der Waals surface area (Å²) in [6.07, 6.45) is -3.65. The fourth-order valence-electron chi connectivity index (χ4n) is 1.83. The average molecular weight is 329 g/mol. The number of carbonyl (C=O) groups is 1. The number of primary amides is 1. The molecule has 0 saturated carbocycles. The molecule has 1 amide bonds. The van der Waals surface area contributed by atoms with E-state index in [2.05, 4.69) is 5.10 Å². The lowest BCUT2D eigenvalue weighted by Crippen LogP contribution is -2.28. The molecule has 23 heavy (non-hydrogen) atoms. The van der Waals surface area contributed by atoms with E-state index in [9.17, 15) is 28.1 Å². The van der Waals surface area contributed by atoms with E-state index in [4.69, 9.17) is 11.5 Å². The molecule has 0 bridgehead atoms. The second kappa shape index (κ2) is 5.68. The van der Waals surface area contributed by atoms with Crippen LogP contribution in [0.5, 0.6) is 0 Å². The molecule has 8 nitrogen and oxygen atoms in total. The second-order valence-corrected chi connectivity index (χ2v) is 4.54. The molecule has 0 spiro atoms. The van der Waals surface area contributed by atoms with Crippen LogP contribution in [0.3, 0.4) is 0 Å². The van der Waals surface area contributed by atoms with Crippen molar-refractivity contribution in [2.45, 2.75) is 12.2 Å². The summed E-state index contributed by atoms with van der Waals surface area (Å²) < 4.78 is 38.5. The predicted octanol–water partition coefficient (Wildman–Crippen LogP) is 1.44. The number of hydrogen-bond donors (Lipinski definition) is 2. The van der Waals surface area contributed by atoms with E-state index in [1.165, 1.54) is 12.1 Å². The number of nitrogens with zero attached hydrogens (tertiary/aromatic N) is 3.